The third-order valence-corrected chi connectivity index (χ3v) is 7.78. The van der Waals surface area contributed by atoms with Crippen LogP contribution in [0.2, 0.25) is 0 Å². The van der Waals surface area contributed by atoms with Gasteiger partial charge in [0.25, 0.3) is 31.3 Å². The van der Waals surface area contributed by atoms with Crippen LogP contribution in [0.15, 0.2) is 0 Å². The van der Waals surface area contributed by atoms with Crippen molar-refractivity contribution < 1.29 is 192 Å². The molecule has 4 fully saturated rings. The van der Waals surface area contributed by atoms with Gasteiger partial charge in [0.1, 0.15) is 24.9 Å². The number of hydrogen-bond donors (Lipinski definition) is 4. The first-order valence-corrected chi connectivity index (χ1v) is 15.8. The summed E-state index contributed by atoms with van der Waals surface area (Å²) in [6.07, 6.45) is -1.19. The summed E-state index contributed by atoms with van der Waals surface area (Å²) in [4.78, 5) is 41.5. The molecule has 4 rings (SSSR count). The van der Waals surface area contributed by atoms with Crippen molar-refractivity contribution in [3.63, 3.8) is 0 Å². The Hall–Kier alpha value is 4.28. The van der Waals surface area contributed by atoms with Gasteiger partial charge in [-0.1, -0.05) is 0 Å². The summed E-state index contributed by atoms with van der Waals surface area (Å²) < 4.78 is 75.3. The van der Waals surface area contributed by atoms with Gasteiger partial charge in [-0.15, -0.1) is 0 Å². The average Bonchev–Trinajstić information content (AvgIpc) is 2.65. The molecule has 0 saturated carbocycles. The zero-order valence-electron chi connectivity index (χ0n) is 22.6. The fourth-order valence-electron chi connectivity index (χ4n) is 2.12. The van der Waals surface area contributed by atoms with Gasteiger partial charge in [-0.3, -0.25) is 36.4 Å². The molecular weight excluding hydrogens is 672 g/mol. The van der Waals surface area contributed by atoms with E-state index >= 15 is 0 Å². The molecule has 0 amide bonds. The third kappa shape index (κ3) is 26.4. The summed E-state index contributed by atoms with van der Waals surface area (Å²) in [5, 5.41) is 0. The average molecular weight is 700 g/mol. The number of hydrogen-bond acceptors (Lipinski definition) is 20. The van der Waals surface area contributed by atoms with Crippen LogP contribution < -0.4 is 161 Å². The van der Waals surface area contributed by atoms with Gasteiger partial charge >= 0.3 is 118 Å². The Labute approximate surface area is 319 Å². The molecule has 8 unspecified atom stereocenters. The Morgan fingerprint density at radius 3 is 0.650 bits per heavy atom. The van der Waals surface area contributed by atoms with E-state index in [4.69, 9.17) is 22.9 Å². The Bertz CT molecular complexity index is 750. The van der Waals surface area contributed by atoms with E-state index in [0.29, 0.717) is 25.7 Å². The van der Waals surface area contributed by atoms with Crippen molar-refractivity contribution in [2.45, 2.75) is 50.6 Å². The van der Waals surface area contributed by atoms with Crippen LogP contribution in [-0.4, -0.2) is 51.3 Å². The molecular formula is C12H28N4Na4O16P4. The molecule has 8 atom stereocenters. The minimum Gasteiger partial charge on any atom is -0.756 e. The van der Waals surface area contributed by atoms with Crippen LogP contribution in [0, 0.1) is 0 Å². The summed E-state index contributed by atoms with van der Waals surface area (Å²) in [6.45, 7) is 0.508. The molecule has 4 saturated heterocycles. The Morgan fingerprint density at radius 1 is 0.425 bits per heavy atom. The Balaban J connectivity index is -0.000000209. The quantitative estimate of drug-likeness (QED) is 0.135. The fourth-order valence-corrected chi connectivity index (χ4v) is 5.43. The second-order valence-corrected chi connectivity index (χ2v) is 12.3. The molecule has 0 aliphatic carbocycles. The van der Waals surface area contributed by atoms with Crippen LogP contribution in [0.5, 0.6) is 0 Å². The van der Waals surface area contributed by atoms with Crippen molar-refractivity contribution in [1.29, 1.82) is 0 Å². The van der Waals surface area contributed by atoms with E-state index in [-0.39, 0.29) is 145 Å². The smallest absolute Gasteiger partial charge is 0.756 e. The summed E-state index contributed by atoms with van der Waals surface area (Å²) in [7, 11) is -16.1. The van der Waals surface area contributed by atoms with Crippen LogP contribution in [0.1, 0.15) is 25.7 Å². The van der Waals surface area contributed by atoms with Gasteiger partial charge in [0, 0.05) is 25.7 Å². The molecule has 8 N–H and O–H groups in total. The standard InChI is InChI=1S/4C3H8NO4P.4Na/c4*4-3-1-2-7-9(5,6)8-3;;;;/h4*3H,1-2,4H2,(H,5,6);;;;/q;;;;4*+1/p-4. The first kappa shape index (κ1) is 51.1. The molecule has 28 heteroatoms. The summed E-state index contributed by atoms with van der Waals surface area (Å²) >= 11 is 0. The topological polar surface area (TPSA) is 338 Å². The van der Waals surface area contributed by atoms with Crippen molar-refractivity contribution in [2.75, 3.05) is 26.4 Å². The molecule has 0 aromatic rings. The molecule has 0 aromatic carbocycles. The van der Waals surface area contributed by atoms with Gasteiger partial charge < -0.3 is 60.6 Å². The van der Waals surface area contributed by atoms with Gasteiger partial charge in [-0.25, -0.2) is 0 Å². The molecule has 0 bridgehead atoms. The minimum atomic E-state index is -4.02. The van der Waals surface area contributed by atoms with Crippen LogP contribution in [0.3, 0.4) is 0 Å². The van der Waals surface area contributed by atoms with Gasteiger partial charge in [0.2, 0.25) is 0 Å². The second-order valence-electron chi connectivity index (χ2n) is 6.85. The van der Waals surface area contributed by atoms with Gasteiger partial charge in [-0.2, -0.15) is 0 Å². The van der Waals surface area contributed by atoms with Gasteiger partial charge in [0.15, 0.2) is 0 Å². The largest absolute Gasteiger partial charge is 1.00 e. The molecule has 20 nitrogen and oxygen atoms in total. The monoisotopic (exact) mass is 700 g/mol. The summed E-state index contributed by atoms with van der Waals surface area (Å²) in [6, 6.07) is 0. The maximum Gasteiger partial charge on any atom is 1.00 e. The molecule has 4 aliphatic rings. The van der Waals surface area contributed by atoms with Crippen molar-refractivity contribution >= 4 is 31.3 Å². The van der Waals surface area contributed by atoms with Gasteiger partial charge in [-0.05, 0) is 0 Å². The van der Waals surface area contributed by atoms with Crippen LogP contribution in [0.4, 0.5) is 0 Å². The molecule has 0 radical (unpaired) electrons. The molecule has 40 heavy (non-hydrogen) atoms. The van der Waals surface area contributed by atoms with Crippen LogP contribution in [0.25, 0.3) is 0 Å². The zero-order chi connectivity index (χ0) is 27.6. The van der Waals surface area contributed by atoms with Crippen LogP contribution in [-0.2, 0) is 54.5 Å². The van der Waals surface area contributed by atoms with E-state index in [1.54, 1.807) is 0 Å². The molecule has 216 valence electrons. The van der Waals surface area contributed by atoms with E-state index in [1.165, 1.54) is 0 Å². The number of phosphoric ester groups is 4. The summed E-state index contributed by atoms with van der Waals surface area (Å²) in [5.41, 5.74) is 20.5. The second kappa shape index (κ2) is 24.4. The molecule has 4 aliphatic heterocycles. The van der Waals surface area contributed by atoms with E-state index in [9.17, 15) is 37.8 Å². The van der Waals surface area contributed by atoms with Crippen LogP contribution >= 0.6 is 31.3 Å². The predicted molar refractivity (Wildman–Crippen MR) is 109 cm³/mol. The Kier molecular flexibility index (Phi) is 31.2. The summed E-state index contributed by atoms with van der Waals surface area (Å²) in [5.74, 6) is 0. The first-order valence-electron chi connectivity index (χ1n) is 9.99. The normalized spacial score (nSPS) is 40.4. The maximum atomic E-state index is 10.4. The van der Waals surface area contributed by atoms with E-state index in [1.807, 2.05) is 0 Å². The SMILES string of the molecule is NC1CCOP(=O)([O-])O1.NC1CCOP(=O)([O-])O1.NC1CCOP(=O)([O-])O1.NC1CCOP(=O)([O-])O1.[Na+].[Na+].[Na+].[Na+]. The molecule has 0 spiro atoms. The fraction of sp³-hybridized carbons (Fsp3) is 1.00. The molecule has 4 heterocycles. The first-order chi connectivity index (χ1) is 16.4. The molecule has 0 aromatic heterocycles. The van der Waals surface area contributed by atoms with Crippen molar-refractivity contribution in [3.05, 3.63) is 0 Å². The van der Waals surface area contributed by atoms with Crippen molar-refractivity contribution in [2.24, 2.45) is 22.9 Å². The number of rotatable bonds is 0. The number of phosphoric acid groups is 4. The minimum absolute atomic E-state index is 0. The van der Waals surface area contributed by atoms with E-state index in [0.717, 1.165) is 0 Å². The Morgan fingerprint density at radius 2 is 0.575 bits per heavy atom. The van der Waals surface area contributed by atoms with E-state index in [2.05, 4.69) is 36.2 Å². The number of nitrogens with two attached hydrogens (primary N) is 4. The zero-order valence-corrected chi connectivity index (χ0v) is 34.2. The van der Waals surface area contributed by atoms with Gasteiger partial charge in [0.05, 0.1) is 26.4 Å². The van der Waals surface area contributed by atoms with Crippen molar-refractivity contribution in [1.82, 2.24) is 0 Å². The van der Waals surface area contributed by atoms with E-state index < -0.39 is 56.2 Å². The predicted octanol–water partition coefficient (Wildman–Crippen LogP) is -15.3. The third-order valence-electron chi connectivity index (χ3n) is 3.67. The maximum absolute atomic E-state index is 10.4. The van der Waals surface area contributed by atoms with Crippen molar-refractivity contribution in [3.8, 4) is 0 Å².